The van der Waals surface area contributed by atoms with E-state index < -0.39 is 0 Å². The molecule has 3 rings (SSSR count). The molecule has 0 fully saturated rings. The van der Waals surface area contributed by atoms with E-state index in [1.165, 1.54) is 0 Å². The molecule has 0 amide bonds. The van der Waals surface area contributed by atoms with E-state index in [1.807, 2.05) is 36.2 Å². The van der Waals surface area contributed by atoms with E-state index >= 15 is 0 Å². The number of methoxy groups -OCH3 is 1. The predicted molar refractivity (Wildman–Crippen MR) is 75.6 cm³/mol. The molecule has 7 heteroatoms. The van der Waals surface area contributed by atoms with Crippen LogP contribution in [0.2, 0.25) is 0 Å². The minimum Gasteiger partial charge on any atom is -0.383 e. The molecule has 0 bridgehead atoms. The Bertz CT molecular complexity index is 717. The Hall–Kier alpha value is -2.41. The van der Waals surface area contributed by atoms with Gasteiger partial charge in [0.25, 0.3) is 0 Å². The Morgan fingerprint density at radius 3 is 2.95 bits per heavy atom. The first kappa shape index (κ1) is 12.6. The van der Waals surface area contributed by atoms with Crippen molar-refractivity contribution in [3.05, 3.63) is 31.0 Å². The van der Waals surface area contributed by atoms with Crippen molar-refractivity contribution < 1.29 is 4.74 Å². The first-order valence-electron chi connectivity index (χ1n) is 6.33. The number of aromatic nitrogens is 5. The summed E-state index contributed by atoms with van der Waals surface area (Å²) in [5, 5.41) is 7.41. The van der Waals surface area contributed by atoms with Crippen molar-refractivity contribution in [1.82, 2.24) is 24.1 Å². The van der Waals surface area contributed by atoms with Crippen LogP contribution in [0.5, 0.6) is 0 Å². The zero-order valence-corrected chi connectivity index (χ0v) is 11.4. The Morgan fingerprint density at radius 2 is 2.20 bits per heavy atom. The molecular formula is C13H16N6O. The summed E-state index contributed by atoms with van der Waals surface area (Å²) in [6.45, 7) is 1.32. The van der Waals surface area contributed by atoms with Crippen molar-refractivity contribution in [2.45, 2.75) is 0 Å². The van der Waals surface area contributed by atoms with Crippen LogP contribution in [0.1, 0.15) is 0 Å². The number of nitrogens with one attached hydrogen (secondary N) is 1. The molecule has 0 spiro atoms. The van der Waals surface area contributed by atoms with Crippen molar-refractivity contribution >= 4 is 11.5 Å². The smallest absolute Gasteiger partial charge is 0.180 e. The summed E-state index contributed by atoms with van der Waals surface area (Å²) in [4.78, 5) is 8.76. The first-order valence-corrected chi connectivity index (χ1v) is 6.33. The molecule has 3 heterocycles. The number of rotatable bonds is 5. The molecule has 0 aliphatic carbocycles. The van der Waals surface area contributed by atoms with Crippen LogP contribution < -0.4 is 5.32 Å². The highest BCUT2D eigenvalue weighted by Crippen LogP contribution is 2.22. The number of nitrogens with zero attached hydrogens (tertiary/aromatic N) is 5. The van der Waals surface area contributed by atoms with E-state index in [1.54, 1.807) is 18.0 Å². The molecule has 7 nitrogen and oxygen atoms in total. The molecule has 0 atom stereocenters. The molecule has 0 saturated heterocycles. The Kier molecular flexibility index (Phi) is 3.34. The van der Waals surface area contributed by atoms with Gasteiger partial charge in [0.1, 0.15) is 0 Å². The Labute approximate surface area is 116 Å². The summed E-state index contributed by atoms with van der Waals surface area (Å²) in [5.41, 5.74) is 2.81. The van der Waals surface area contributed by atoms with Gasteiger partial charge in [0.05, 0.1) is 24.7 Å². The summed E-state index contributed by atoms with van der Waals surface area (Å²) in [6, 6.07) is 0. The van der Waals surface area contributed by atoms with Crippen molar-refractivity contribution in [1.29, 1.82) is 0 Å². The topological polar surface area (TPSA) is 69.3 Å². The third kappa shape index (κ3) is 2.23. The maximum Gasteiger partial charge on any atom is 0.180 e. The molecule has 0 aliphatic rings. The van der Waals surface area contributed by atoms with Crippen LogP contribution >= 0.6 is 0 Å². The molecule has 0 aliphatic heterocycles. The van der Waals surface area contributed by atoms with Crippen molar-refractivity contribution in [3.63, 3.8) is 0 Å². The van der Waals surface area contributed by atoms with E-state index in [2.05, 4.69) is 20.4 Å². The summed E-state index contributed by atoms with van der Waals surface area (Å²) in [5.74, 6) is 0.750. The van der Waals surface area contributed by atoms with Crippen molar-refractivity contribution in [2.75, 3.05) is 25.6 Å². The lowest BCUT2D eigenvalue weighted by molar-refractivity contribution is 0.210. The maximum absolute atomic E-state index is 5.02. The number of ether oxygens (including phenoxy) is 1. The lowest BCUT2D eigenvalue weighted by atomic mass is 10.3. The number of aryl methyl sites for hydroxylation is 1. The van der Waals surface area contributed by atoms with Crippen LogP contribution in [0, 0.1) is 0 Å². The first-order chi connectivity index (χ1) is 9.79. The largest absolute Gasteiger partial charge is 0.383 e. The van der Waals surface area contributed by atoms with Gasteiger partial charge in [0.15, 0.2) is 11.5 Å². The average molecular weight is 272 g/mol. The van der Waals surface area contributed by atoms with Gasteiger partial charge in [-0.1, -0.05) is 0 Å². The zero-order valence-electron chi connectivity index (χ0n) is 11.4. The molecule has 0 unspecified atom stereocenters. The monoisotopic (exact) mass is 272 g/mol. The number of hydrogen-bond acceptors (Lipinski definition) is 5. The summed E-state index contributed by atoms with van der Waals surface area (Å²) >= 11 is 0. The summed E-state index contributed by atoms with van der Waals surface area (Å²) < 4.78 is 8.80. The van der Waals surface area contributed by atoms with Crippen LogP contribution in [0.15, 0.2) is 31.0 Å². The Balaban J connectivity index is 1.99. The van der Waals surface area contributed by atoms with Crippen LogP contribution in [0.3, 0.4) is 0 Å². The molecule has 0 aromatic carbocycles. The molecule has 20 heavy (non-hydrogen) atoms. The highest BCUT2D eigenvalue weighted by Gasteiger charge is 2.10. The third-order valence-electron chi connectivity index (χ3n) is 3.03. The quantitative estimate of drug-likeness (QED) is 0.706. The lowest BCUT2D eigenvalue weighted by Crippen LogP contribution is -2.10. The Morgan fingerprint density at radius 1 is 1.30 bits per heavy atom. The van der Waals surface area contributed by atoms with Crippen molar-refractivity contribution in [3.8, 4) is 11.3 Å². The fourth-order valence-corrected chi connectivity index (χ4v) is 2.08. The number of hydrogen-bond donors (Lipinski definition) is 1. The van der Waals surface area contributed by atoms with Gasteiger partial charge in [-0.3, -0.25) is 9.08 Å². The number of anilines is 1. The van der Waals surface area contributed by atoms with Crippen LogP contribution in [-0.2, 0) is 11.8 Å². The van der Waals surface area contributed by atoms with E-state index in [-0.39, 0.29) is 0 Å². The lowest BCUT2D eigenvalue weighted by Gasteiger charge is -2.06. The van der Waals surface area contributed by atoms with Gasteiger partial charge in [-0.2, -0.15) is 5.10 Å². The standard InChI is InChI=1S/C13H16N6O/c1-18-9-10(7-17-18)11-8-16-13-12(15-4-6-20-2)14-3-5-19(11)13/h3,5,7-9H,4,6H2,1-2H3,(H,14,15). The predicted octanol–water partition coefficient (Wildman–Crippen LogP) is 1.19. The normalized spacial score (nSPS) is 11.1. The second-order valence-electron chi connectivity index (χ2n) is 4.44. The molecule has 104 valence electrons. The molecule has 0 radical (unpaired) electrons. The molecule has 1 N–H and O–H groups in total. The second kappa shape index (κ2) is 5.30. The molecular weight excluding hydrogens is 256 g/mol. The van der Waals surface area contributed by atoms with E-state index in [4.69, 9.17) is 4.74 Å². The zero-order chi connectivity index (χ0) is 13.9. The minimum absolute atomic E-state index is 0.624. The molecule has 3 aromatic heterocycles. The van der Waals surface area contributed by atoms with E-state index in [0.29, 0.717) is 13.2 Å². The number of fused-ring (bicyclic) bond motifs is 1. The van der Waals surface area contributed by atoms with Gasteiger partial charge in [0.2, 0.25) is 0 Å². The fourth-order valence-electron chi connectivity index (χ4n) is 2.08. The van der Waals surface area contributed by atoms with Crippen LogP contribution in [0.4, 0.5) is 5.82 Å². The summed E-state index contributed by atoms with van der Waals surface area (Å²) in [7, 11) is 3.57. The van der Waals surface area contributed by atoms with Crippen molar-refractivity contribution in [2.24, 2.45) is 7.05 Å². The van der Waals surface area contributed by atoms with Gasteiger partial charge in [-0.15, -0.1) is 0 Å². The van der Waals surface area contributed by atoms with Crippen LogP contribution in [0.25, 0.3) is 16.9 Å². The highest BCUT2D eigenvalue weighted by atomic mass is 16.5. The molecule has 3 aromatic rings. The van der Waals surface area contributed by atoms with Gasteiger partial charge in [-0.05, 0) is 0 Å². The maximum atomic E-state index is 5.02. The number of imidazole rings is 1. The molecule has 0 saturated carbocycles. The fraction of sp³-hybridized carbons (Fsp3) is 0.308. The summed E-state index contributed by atoms with van der Waals surface area (Å²) in [6.07, 6.45) is 9.26. The van der Waals surface area contributed by atoms with E-state index in [9.17, 15) is 0 Å². The minimum atomic E-state index is 0.624. The van der Waals surface area contributed by atoms with Gasteiger partial charge >= 0.3 is 0 Å². The van der Waals surface area contributed by atoms with Crippen LogP contribution in [-0.4, -0.2) is 44.4 Å². The average Bonchev–Trinajstić information content (AvgIpc) is 3.05. The highest BCUT2D eigenvalue weighted by molar-refractivity contribution is 5.69. The van der Waals surface area contributed by atoms with Gasteiger partial charge in [0, 0.05) is 44.9 Å². The third-order valence-corrected chi connectivity index (χ3v) is 3.03. The van der Waals surface area contributed by atoms with E-state index in [0.717, 1.165) is 22.7 Å². The SMILES string of the molecule is COCCNc1nccn2c(-c3cnn(C)c3)cnc12. The van der Waals surface area contributed by atoms with Gasteiger partial charge in [-0.25, -0.2) is 9.97 Å². The second-order valence-corrected chi connectivity index (χ2v) is 4.44. The van der Waals surface area contributed by atoms with Gasteiger partial charge < -0.3 is 10.1 Å².